The summed E-state index contributed by atoms with van der Waals surface area (Å²) >= 11 is 3.57. The number of hydrogen-bond donors (Lipinski definition) is 1. The highest BCUT2D eigenvalue weighted by molar-refractivity contribution is 9.10. The highest BCUT2D eigenvalue weighted by atomic mass is 79.9. The van der Waals surface area contributed by atoms with E-state index in [1.807, 2.05) is 0 Å². The van der Waals surface area contributed by atoms with E-state index < -0.39 is 0 Å². The predicted molar refractivity (Wildman–Crippen MR) is 89.9 cm³/mol. The molecule has 104 valence electrons. The monoisotopic (exact) mass is 330 g/mol. The first-order chi connectivity index (χ1) is 9.55. The van der Waals surface area contributed by atoms with Crippen LogP contribution in [-0.4, -0.2) is 13.1 Å². The van der Waals surface area contributed by atoms with Crippen molar-refractivity contribution in [3.05, 3.63) is 53.0 Å². The van der Waals surface area contributed by atoms with Gasteiger partial charge in [-0.05, 0) is 35.7 Å². The highest BCUT2D eigenvalue weighted by Gasteiger charge is 2.27. The maximum absolute atomic E-state index is 3.58. The van der Waals surface area contributed by atoms with Gasteiger partial charge in [0, 0.05) is 23.2 Å². The number of benzene rings is 2. The number of anilines is 3. The molecule has 0 saturated heterocycles. The van der Waals surface area contributed by atoms with Gasteiger partial charge in [-0.15, -0.1) is 0 Å². The lowest BCUT2D eigenvalue weighted by atomic mass is 9.93. The zero-order valence-corrected chi connectivity index (χ0v) is 13.4. The van der Waals surface area contributed by atoms with Gasteiger partial charge in [0.2, 0.25) is 0 Å². The molecule has 0 bridgehead atoms. The maximum atomic E-state index is 3.58. The van der Waals surface area contributed by atoms with Crippen molar-refractivity contribution < 1.29 is 0 Å². The Kier molecular flexibility index (Phi) is 3.47. The van der Waals surface area contributed by atoms with Gasteiger partial charge in [-0.2, -0.15) is 0 Å². The molecule has 0 aromatic heterocycles. The fourth-order valence-electron chi connectivity index (χ4n) is 2.64. The normalized spacial score (nSPS) is 17.1. The summed E-state index contributed by atoms with van der Waals surface area (Å²) in [6.45, 7) is 6.58. The minimum atomic E-state index is 0.210. The largest absolute Gasteiger partial charge is 0.383 e. The van der Waals surface area contributed by atoms with E-state index in [9.17, 15) is 0 Å². The van der Waals surface area contributed by atoms with Crippen molar-refractivity contribution in [2.45, 2.75) is 13.8 Å². The fourth-order valence-corrected chi connectivity index (χ4v) is 3.02. The Morgan fingerprint density at radius 3 is 2.70 bits per heavy atom. The second-order valence-electron chi connectivity index (χ2n) is 6.10. The molecule has 0 radical (unpaired) electrons. The third-order valence-electron chi connectivity index (χ3n) is 3.66. The second-order valence-corrected chi connectivity index (χ2v) is 7.02. The molecule has 1 aliphatic heterocycles. The van der Waals surface area contributed by atoms with Gasteiger partial charge in [0.25, 0.3) is 0 Å². The molecule has 2 nitrogen and oxygen atoms in total. The van der Waals surface area contributed by atoms with Crippen molar-refractivity contribution in [1.29, 1.82) is 0 Å². The molecule has 3 rings (SSSR count). The smallest absolute Gasteiger partial charge is 0.0646 e. The molecule has 0 unspecified atom stereocenters. The second kappa shape index (κ2) is 5.13. The van der Waals surface area contributed by atoms with Crippen molar-refractivity contribution >= 4 is 33.0 Å². The van der Waals surface area contributed by atoms with Crippen molar-refractivity contribution in [2.24, 2.45) is 5.41 Å². The summed E-state index contributed by atoms with van der Waals surface area (Å²) in [5, 5.41) is 3.58. The third kappa shape index (κ3) is 2.68. The van der Waals surface area contributed by atoms with Crippen LogP contribution in [0.4, 0.5) is 17.1 Å². The minimum Gasteiger partial charge on any atom is -0.383 e. The van der Waals surface area contributed by atoms with E-state index in [1.165, 1.54) is 17.1 Å². The molecule has 1 heterocycles. The lowest BCUT2D eigenvalue weighted by molar-refractivity contribution is 0.407. The van der Waals surface area contributed by atoms with Gasteiger partial charge in [0.15, 0.2) is 0 Å². The van der Waals surface area contributed by atoms with Crippen LogP contribution in [-0.2, 0) is 0 Å². The number of rotatable bonds is 1. The van der Waals surface area contributed by atoms with Crippen LogP contribution in [0.25, 0.3) is 0 Å². The number of fused-ring (bicyclic) bond motifs is 1. The van der Waals surface area contributed by atoms with E-state index >= 15 is 0 Å². The van der Waals surface area contributed by atoms with E-state index in [0.29, 0.717) is 0 Å². The quantitative estimate of drug-likeness (QED) is 0.788. The first-order valence-corrected chi connectivity index (χ1v) is 7.70. The topological polar surface area (TPSA) is 15.3 Å². The van der Waals surface area contributed by atoms with Gasteiger partial charge in [0.05, 0.1) is 11.4 Å². The third-order valence-corrected chi connectivity index (χ3v) is 4.15. The van der Waals surface area contributed by atoms with Crippen LogP contribution in [0.3, 0.4) is 0 Å². The van der Waals surface area contributed by atoms with Crippen molar-refractivity contribution in [3.63, 3.8) is 0 Å². The summed E-state index contributed by atoms with van der Waals surface area (Å²) in [6.07, 6.45) is 0. The van der Waals surface area contributed by atoms with E-state index in [0.717, 1.165) is 17.6 Å². The van der Waals surface area contributed by atoms with E-state index in [-0.39, 0.29) is 5.41 Å². The average molecular weight is 331 g/mol. The van der Waals surface area contributed by atoms with Crippen LogP contribution in [0.15, 0.2) is 53.0 Å². The highest BCUT2D eigenvalue weighted by Crippen LogP contribution is 2.38. The number of hydrogen-bond acceptors (Lipinski definition) is 2. The maximum Gasteiger partial charge on any atom is 0.0646 e. The van der Waals surface area contributed by atoms with Gasteiger partial charge >= 0.3 is 0 Å². The van der Waals surface area contributed by atoms with E-state index in [4.69, 9.17) is 0 Å². The van der Waals surface area contributed by atoms with Crippen molar-refractivity contribution in [3.8, 4) is 0 Å². The van der Waals surface area contributed by atoms with E-state index in [1.54, 1.807) is 0 Å². The number of para-hydroxylation sites is 2. The molecule has 0 fully saturated rings. The molecule has 0 spiro atoms. The van der Waals surface area contributed by atoms with Gasteiger partial charge in [-0.25, -0.2) is 0 Å². The Bertz CT molecular complexity index is 622. The van der Waals surface area contributed by atoms with Crippen LogP contribution < -0.4 is 10.2 Å². The molecule has 0 atom stereocenters. The molecule has 20 heavy (non-hydrogen) atoms. The molecule has 2 aromatic carbocycles. The Balaban J connectivity index is 2.10. The van der Waals surface area contributed by atoms with Crippen molar-refractivity contribution in [1.82, 2.24) is 0 Å². The molecule has 2 aromatic rings. The predicted octanol–water partition coefficient (Wildman–Crippen LogP) is 5.04. The summed E-state index contributed by atoms with van der Waals surface area (Å²) in [5.74, 6) is 0. The zero-order chi connectivity index (χ0) is 14.2. The fraction of sp³-hybridized carbons (Fsp3) is 0.294. The van der Waals surface area contributed by atoms with Gasteiger partial charge in [0.1, 0.15) is 0 Å². The molecule has 0 amide bonds. The summed E-state index contributed by atoms with van der Waals surface area (Å²) in [5.41, 5.74) is 3.89. The Morgan fingerprint density at radius 2 is 1.90 bits per heavy atom. The Labute approximate surface area is 128 Å². The van der Waals surface area contributed by atoms with Gasteiger partial charge in [-0.3, -0.25) is 0 Å². The first kappa shape index (κ1) is 13.5. The summed E-state index contributed by atoms with van der Waals surface area (Å²) in [4.78, 5) is 2.40. The van der Waals surface area contributed by atoms with Gasteiger partial charge in [-0.1, -0.05) is 48.0 Å². The van der Waals surface area contributed by atoms with Crippen LogP contribution in [0.1, 0.15) is 13.8 Å². The molecule has 0 aliphatic carbocycles. The van der Waals surface area contributed by atoms with Gasteiger partial charge < -0.3 is 10.2 Å². The van der Waals surface area contributed by atoms with Crippen LogP contribution in [0.5, 0.6) is 0 Å². The zero-order valence-electron chi connectivity index (χ0n) is 11.9. The molecule has 1 aliphatic rings. The number of nitrogens with one attached hydrogen (secondary N) is 1. The Hall–Kier alpha value is -1.48. The molecule has 0 saturated carbocycles. The standard InChI is InChI=1S/C17H19BrN2/c1-17(2)11-19-15-8-3-4-9-16(15)20(12-17)14-7-5-6-13(18)10-14/h3-10,19H,11-12H2,1-2H3. The average Bonchev–Trinajstić information content (AvgIpc) is 2.56. The van der Waals surface area contributed by atoms with E-state index in [2.05, 4.69) is 88.5 Å². The van der Waals surface area contributed by atoms with Crippen LogP contribution >= 0.6 is 15.9 Å². The molecule has 1 N–H and O–H groups in total. The summed E-state index contributed by atoms with van der Waals surface area (Å²) < 4.78 is 1.11. The minimum absolute atomic E-state index is 0.210. The molecular formula is C17H19BrN2. The lowest BCUT2D eigenvalue weighted by Crippen LogP contribution is -2.33. The van der Waals surface area contributed by atoms with Crippen LogP contribution in [0.2, 0.25) is 0 Å². The first-order valence-electron chi connectivity index (χ1n) is 6.91. The summed E-state index contributed by atoms with van der Waals surface area (Å²) in [6, 6.07) is 17.0. The lowest BCUT2D eigenvalue weighted by Gasteiger charge is -2.31. The number of halogens is 1. The summed E-state index contributed by atoms with van der Waals surface area (Å²) in [7, 11) is 0. The Morgan fingerprint density at radius 1 is 1.10 bits per heavy atom. The number of nitrogens with zero attached hydrogens (tertiary/aromatic N) is 1. The molecule has 3 heteroatoms. The van der Waals surface area contributed by atoms with Crippen molar-refractivity contribution in [2.75, 3.05) is 23.3 Å². The molecular weight excluding hydrogens is 312 g/mol. The van der Waals surface area contributed by atoms with Crippen LogP contribution in [0, 0.1) is 5.41 Å². The SMILES string of the molecule is CC1(C)CNc2ccccc2N(c2cccc(Br)c2)C1.